The third-order valence-electron chi connectivity index (χ3n) is 0.788. The number of rotatable bonds is 3. The largest absolute Gasteiger partial charge is 0.316 e. The van der Waals surface area contributed by atoms with Gasteiger partial charge >= 0.3 is 0 Å². The molecule has 0 rings (SSSR count). The first-order chi connectivity index (χ1) is 4.45. The Kier molecular flexibility index (Phi) is 7.40. The molecule has 0 aliphatic heterocycles. The zero-order valence-corrected chi connectivity index (χ0v) is 8.80. The molecule has 0 aromatic heterocycles. The Labute approximate surface area is 77.8 Å². The van der Waals surface area contributed by atoms with Crippen molar-refractivity contribution in [1.82, 2.24) is 0 Å². The standard InChI is InChI=1S/C5H11NO2S2.ClH/c1-9-5(6)3-4-10(2,7)8;/h3-5H,6H2,1-2H3;1H. The van der Waals surface area contributed by atoms with Gasteiger partial charge in [0.15, 0.2) is 9.84 Å². The number of hydrogen-bond donors (Lipinski definition) is 1. The van der Waals surface area contributed by atoms with Crippen molar-refractivity contribution in [1.29, 1.82) is 0 Å². The van der Waals surface area contributed by atoms with Gasteiger partial charge in [0, 0.05) is 11.7 Å². The lowest BCUT2D eigenvalue weighted by Gasteiger charge is -1.97. The van der Waals surface area contributed by atoms with Crippen LogP contribution in [0.1, 0.15) is 0 Å². The number of nitrogens with two attached hydrogens (primary N) is 1. The summed E-state index contributed by atoms with van der Waals surface area (Å²) in [6.07, 6.45) is 4.41. The van der Waals surface area contributed by atoms with Gasteiger partial charge in [-0.15, -0.1) is 24.2 Å². The van der Waals surface area contributed by atoms with Gasteiger partial charge in [0.25, 0.3) is 0 Å². The van der Waals surface area contributed by atoms with Crippen LogP contribution in [-0.4, -0.2) is 26.3 Å². The van der Waals surface area contributed by atoms with E-state index in [-0.39, 0.29) is 17.8 Å². The summed E-state index contributed by atoms with van der Waals surface area (Å²) >= 11 is 1.39. The fourth-order valence-electron chi connectivity index (χ4n) is 0.299. The van der Waals surface area contributed by atoms with E-state index in [0.717, 1.165) is 11.7 Å². The van der Waals surface area contributed by atoms with Gasteiger partial charge in [0.05, 0.1) is 5.37 Å². The van der Waals surface area contributed by atoms with E-state index in [1.807, 2.05) is 6.26 Å². The second-order valence-corrected chi connectivity index (χ2v) is 4.81. The van der Waals surface area contributed by atoms with Crippen LogP contribution in [0.5, 0.6) is 0 Å². The molecule has 0 amide bonds. The van der Waals surface area contributed by atoms with Crippen LogP contribution in [0.15, 0.2) is 11.5 Å². The first-order valence-electron chi connectivity index (χ1n) is 2.62. The Bertz CT molecular complexity index is 213. The molecular weight excluding hydrogens is 206 g/mol. The van der Waals surface area contributed by atoms with Crippen LogP contribution < -0.4 is 5.73 Å². The van der Waals surface area contributed by atoms with Crippen LogP contribution in [0.3, 0.4) is 0 Å². The Morgan fingerprint density at radius 3 is 2.27 bits per heavy atom. The van der Waals surface area contributed by atoms with Crippen molar-refractivity contribution in [3.63, 3.8) is 0 Å². The lowest BCUT2D eigenvalue weighted by atomic mass is 10.6. The molecule has 0 bridgehead atoms. The second-order valence-electron chi connectivity index (χ2n) is 1.86. The molecule has 0 aromatic carbocycles. The minimum atomic E-state index is -3.00. The van der Waals surface area contributed by atoms with Gasteiger partial charge in [-0.2, -0.15) is 0 Å². The van der Waals surface area contributed by atoms with Crippen molar-refractivity contribution in [2.24, 2.45) is 5.73 Å². The highest BCUT2D eigenvalue weighted by atomic mass is 35.5. The predicted molar refractivity (Wildman–Crippen MR) is 52.7 cm³/mol. The van der Waals surface area contributed by atoms with Gasteiger partial charge in [-0.3, -0.25) is 0 Å². The summed E-state index contributed by atoms with van der Waals surface area (Å²) in [6, 6.07) is 0. The highest BCUT2D eigenvalue weighted by Gasteiger charge is 1.95. The van der Waals surface area contributed by atoms with E-state index in [0.29, 0.717) is 0 Å². The van der Waals surface area contributed by atoms with Crippen LogP contribution in [0.4, 0.5) is 0 Å². The summed E-state index contributed by atoms with van der Waals surface area (Å²) in [4.78, 5) is 0. The maximum atomic E-state index is 10.5. The van der Waals surface area contributed by atoms with Crippen LogP contribution in [0, 0.1) is 0 Å². The van der Waals surface area contributed by atoms with Crippen LogP contribution in [0.25, 0.3) is 0 Å². The first-order valence-corrected chi connectivity index (χ1v) is 5.86. The lowest BCUT2D eigenvalue weighted by Crippen LogP contribution is -2.11. The molecule has 68 valence electrons. The van der Waals surface area contributed by atoms with Gasteiger partial charge in [0.1, 0.15) is 0 Å². The van der Waals surface area contributed by atoms with Gasteiger partial charge < -0.3 is 5.73 Å². The first kappa shape index (κ1) is 13.9. The summed E-state index contributed by atoms with van der Waals surface area (Å²) in [7, 11) is -3.00. The molecule has 3 nitrogen and oxygen atoms in total. The molecule has 0 aliphatic rings. The van der Waals surface area contributed by atoms with Crippen LogP contribution >= 0.6 is 24.2 Å². The molecule has 0 radical (unpaired) electrons. The summed E-state index contributed by atoms with van der Waals surface area (Å²) < 4.78 is 21.0. The quantitative estimate of drug-likeness (QED) is 0.704. The SMILES string of the molecule is CSC(N)C=CS(C)(=O)=O.Cl. The van der Waals surface area contributed by atoms with Crippen molar-refractivity contribution >= 4 is 34.0 Å². The highest BCUT2D eigenvalue weighted by Crippen LogP contribution is 2.00. The van der Waals surface area contributed by atoms with Gasteiger partial charge in [0.2, 0.25) is 0 Å². The van der Waals surface area contributed by atoms with Crippen LogP contribution in [0.2, 0.25) is 0 Å². The monoisotopic (exact) mass is 217 g/mol. The number of hydrogen-bond acceptors (Lipinski definition) is 4. The fourth-order valence-corrected chi connectivity index (χ4v) is 1.09. The molecule has 0 saturated heterocycles. The molecule has 0 fully saturated rings. The third kappa shape index (κ3) is 10.3. The summed E-state index contributed by atoms with van der Waals surface area (Å²) in [5.74, 6) is 0. The zero-order valence-electron chi connectivity index (χ0n) is 6.35. The van der Waals surface area contributed by atoms with Crippen molar-refractivity contribution in [2.75, 3.05) is 12.5 Å². The van der Waals surface area contributed by atoms with Crippen molar-refractivity contribution < 1.29 is 8.42 Å². The van der Waals surface area contributed by atoms with E-state index in [9.17, 15) is 8.42 Å². The summed E-state index contributed by atoms with van der Waals surface area (Å²) in [5, 5.41) is 0.892. The van der Waals surface area contributed by atoms with Crippen molar-refractivity contribution in [3.8, 4) is 0 Å². The minimum absolute atomic E-state index is 0. The van der Waals surface area contributed by atoms with Crippen LogP contribution in [-0.2, 0) is 9.84 Å². The molecule has 2 N–H and O–H groups in total. The molecule has 1 unspecified atom stereocenters. The van der Waals surface area contributed by atoms with Gasteiger partial charge in [-0.1, -0.05) is 0 Å². The summed E-state index contributed by atoms with van der Waals surface area (Å²) in [6.45, 7) is 0. The Morgan fingerprint density at radius 2 is 2.00 bits per heavy atom. The van der Waals surface area contributed by atoms with E-state index in [1.54, 1.807) is 0 Å². The lowest BCUT2D eigenvalue weighted by molar-refractivity contribution is 0.610. The molecule has 1 atom stereocenters. The molecule has 0 aromatic rings. The number of sulfone groups is 1. The maximum Gasteiger partial charge on any atom is 0.168 e. The Morgan fingerprint density at radius 1 is 1.55 bits per heavy atom. The van der Waals surface area contributed by atoms with Gasteiger partial charge in [-0.25, -0.2) is 8.42 Å². The molecular formula is C5H12ClNO2S2. The Balaban J connectivity index is 0. The molecule has 11 heavy (non-hydrogen) atoms. The van der Waals surface area contributed by atoms with E-state index in [1.165, 1.54) is 17.8 Å². The van der Waals surface area contributed by atoms with Crippen molar-refractivity contribution in [2.45, 2.75) is 5.37 Å². The molecule has 0 heterocycles. The topological polar surface area (TPSA) is 60.2 Å². The summed E-state index contributed by atoms with van der Waals surface area (Å²) in [5.41, 5.74) is 5.39. The molecule has 0 aliphatic carbocycles. The molecule has 0 spiro atoms. The third-order valence-corrected chi connectivity index (χ3v) is 2.14. The Hall–Kier alpha value is 0.290. The molecule has 0 saturated carbocycles. The second kappa shape index (κ2) is 5.88. The smallest absolute Gasteiger partial charge is 0.168 e. The van der Waals surface area contributed by atoms with Gasteiger partial charge in [-0.05, 0) is 12.3 Å². The number of thioether (sulfide) groups is 1. The van der Waals surface area contributed by atoms with Crippen molar-refractivity contribution in [3.05, 3.63) is 11.5 Å². The fraction of sp³-hybridized carbons (Fsp3) is 0.600. The normalized spacial score (nSPS) is 14.5. The predicted octanol–water partition coefficient (Wildman–Crippen LogP) is 0.614. The maximum absolute atomic E-state index is 10.5. The van der Waals surface area contributed by atoms with E-state index in [4.69, 9.17) is 5.73 Å². The zero-order chi connectivity index (χ0) is 8.20. The minimum Gasteiger partial charge on any atom is -0.316 e. The van der Waals surface area contributed by atoms with E-state index < -0.39 is 9.84 Å². The van der Waals surface area contributed by atoms with E-state index in [2.05, 4.69) is 0 Å². The highest BCUT2D eigenvalue weighted by molar-refractivity contribution is 7.99. The number of halogens is 1. The van der Waals surface area contributed by atoms with E-state index >= 15 is 0 Å². The molecule has 6 heteroatoms. The average molecular weight is 218 g/mol. The average Bonchev–Trinajstić information content (AvgIpc) is 1.81.